The number of rotatable bonds is 7. The molecule has 2 N–H and O–H groups in total. The minimum atomic E-state index is 0.239. The van der Waals surface area contributed by atoms with Gasteiger partial charge in [0, 0.05) is 19.5 Å². The van der Waals surface area contributed by atoms with E-state index in [2.05, 4.69) is 24.5 Å². The largest absolute Gasteiger partial charge is 0.355 e. The van der Waals surface area contributed by atoms with E-state index < -0.39 is 0 Å². The SMILES string of the molecule is CCCNCCNC(=O)CC1CCC(C)CC1. The molecule has 0 aromatic rings. The van der Waals surface area contributed by atoms with Crippen LogP contribution < -0.4 is 10.6 Å². The van der Waals surface area contributed by atoms with Gasteiger partial charge in [-0.2, -0.15) is 0 Å². The molecule has 1 fully saturated rings. The molecule has 0 atom stereocenters. The molecule has 1 amide bonds. The summed E-state index contributed by atoms with van der Waals surface area (Å²) in [4.78, 5) is 11.7. The molecular weight excluding hydrogens is 212 g/mol. The Morgan fingerprint density at radius 1 is 1.12 bits per heavy atom. The molecule has 3 nitrogen and oxygen atoms in total. The predicted molar refractivity (Wildman–Crippen MR) is 71.9 cm³/mol. The summed E-state index contributed by atoms with van der Waals surface area (Å²) in [5.41, 5.74) is 0. The molecule has 0 aliphatic heterocycles. The van der Waals surface area contributed by atoms with Gasteiger partial charge in [0.2, 0.25) is 5.91 Å². The maximum atomic E-state index is 11.7. The number of carbonyl (C=O) groups excluding carboxylic acids is 1. The molecule has 0 unspecified atom stereocenters. The quantitative estimate of drug-likeness (QED) is 0.671. The van der Waals surface area contributed by atoms with E-state index in [4.69, 9.17) is 0 Å². The smallest absolute Gasteiger partial charge is 0.220 e. The number of amides is 1. The highest BCUT2D eigenvalue weighted by atomic mass is 16.1. The van der Waals surface area contributed by atoms with Gasteiger partial charge in [-0.1, -0.05) is 26.7 Å². The first kappa shape index (κ1) is 14.5. The monoisotopic (exact) mass is 240 g/mol. The molecule has 1 aliphatic carbocycles. The Morgan fingerprint density at radius 3 is 2.47 bits per heavy atom. The number of hydrogen-bond acceptors (Lipinski definition) is 2. The summed E-state index contributed by atoms with van der Waals surface area (Å²) in [5.74, 6) is 1.74. The van der Waals surface area contributed by atoms with Gasteiger partial charge >= 0.3 is 0 Å². The van der Waals surface area contributed by atoms with Crippen LogP contribution in [-0.4, -0.2) is 25.5 Å². The lowest BCUT2D eigenvalue weighted by Crippen LogP contribution is -2.33. The van der Waals surface area contributed by atoms with Crippen LogP contribution in [0.15, 0.2) is 0 Å². The molecule has 3 heteroatoms. The topological polar surface area (TPSA) is 41.1 Å². The Bertz CT molecular complexity index is 210. The van der Waals surface area contributed by atoms with Gasteiger partial charge in [0.25, 0.3) is 0 Å². The molecule has 1 rings (SSSR count). The second-order valence-corrected chi connectivity index (χ2v) is 5.43. The number of nitrogens with one attached hydrogen (secondary N) is 2. The second-order valence-electron chi connectivity index (χ2n) is 5.43. The van der Waals surface area contributed by atoms with E-state index in [0.717, 1.165) is 38.4 Å². The lowest BCUT2D eigenvalue weighted by molar-refractivity contribution is -0.122. The molecule has 0 radical (unpaired) electrons. The van der Waals surface area contributed by atoms with Crippen LogP contribution in [0, 0.1) is 11.8 Å². The van der Waals surface area contributed by atoms with Crippen LogP contribution in [0.5, 0.6) is 0 Å². The van der Waals surface area contributed by atoms with Crippen molar-refractivity contribution in [2.75, 3.05) is 19.6 Å². The Balaban J connectivity index is 2.00. The average Bonchev–Trinajstić information content (AvgIpc) is 2.32. The molecule has 0 bridgehead atoms. The zero-order valence-electron chi connectivity index (χ0n) is 11.4. The fraction of sp³-hybridized carbons (Fsp3) is 0.929. The van der Waals surface area contributed by atoms with Crippen molar-refractivity contribution in [1.29, 1.82) is 0 Å². The van der Waals surface area contributed by atoms with Crippen molar-refractivity contribution in [3.05, 3.63) is 0 Å². The van der Waals surface area contributed by atoms with Crippen molar-refractivity contribution >= 4 is 5.91 Å². The van der Waals surface area contributed by atoms with Gasteiger partial charge in [-0.3, -0.25) is 4.79 Å². The summed E-state index contributed by atoms with van der Waals surface area (Å²) < 4.78 is 0. The molecule has 1 aliphatic rings. The highest BCUT2D eigenvalue weighted by molar-refractivity contribution is 5.76. The molecule has 1 saturated carbocycles. The minimum absolute atomic E-state index is 0.239. The van der Waals surface area contributed by atoms with Crippen LogP contribution in [-0.2, 0) is 4.79 Å². The second kappa shape index (κ2) is 8.51. The summed E-state index contributed by atoms with van der Waals surface area (Å²) in [5, 5.41) is 6.28. The highest BCUT2D eigenvalue weighted by Gasteiger charge is 2.20. The summed E-state index contributed by atoms with van der Waals surface area (Å²) in [7, 11) is 0. The Morgan fingerprint density at radius 2 is 1.82 bits per heavy atom. The zero-order chi connectivity index (χ0) is 12.5. The lowest BCUT2D eigenvalue weighted by Gasteiger charge is -2.25. The molecule has 0 heterocycles. The first-order valence-corrected chi connectivity index (χ1v) is 7.19. The molecule has 0 spiro atoms. The third-order valence-corrected chi connectivity index (χ3v) is 3.66. The third kappa shape index (κ3) is 6.67. The van der Waals surface area contributed by atoms with E-state index in [1.165, 1.54) is 25.7 Å². The highest BCUT2D eigenvalue weighted by Crippen LogP contribution is 2.30. The third-order valence-electron chi connectivity index (χ3n) is 3.66. The van der Waals surface area contributed by atoms with Gasteiger partial charge in [-0.15, -0.1) is 0 Å². The normalized spacial score (nSPS) is 24.6. The van der Waals surface area contributed by atoms with Crippen LogP contribution in [0.2, 0.25) is 0 Å². The van der Waals surface area contributed by atoms with Gasteiger partial charge in [0.05, 0.1) is 0 Å². The molecule has 0 aromatic heterocycles. The Kier molecular flexibility index (Phi) is 7.25. The van der Waals surface area contributed by atoms with Crippen molar-refractivity contribution in [2.45, 2.75) is 52.4 Å². The fourth-order valence-corrected chi connectivity index (χ4v) is 2.46. The van der Waals surface area contributed by atoms with Crippen molar-refractivity contribution in [1.82, 2.24) is 10.6 Å². The van der Waals surface area contributed by atoms with Gasteiger partial charge in [-0.05, 0) is 37.6 Å². The zero-order valence-corrected chi connectivity index (χ0v) is 11.4. The van der Waals surface area contributed by atoms with E-state index in [9.17, 15) is 4.79 Å². The van der Waals surface area contributed by atoms with Gasteiger partial charge < -0.3 is 10.6 Å². The van der Waals surface area contributed by atoms with Crippen LogP contribution in [0.1, 0.15) is 52.4 Å². The van der Waals surface area contributed by atoms with Crippen LogP contribution in [0.3, 0.4) is 0 Å². The number of hydrogen-bond donors (Lipinski definition) is 2. The summed E-state index contributed by atoms with van der Waals surface area (Å²) in [6, 6.07) is 0. The fourth-order valence-electron chi connectivity index (χ4n) is 2.46. The van der Waals surface area contributed by atoms with E-state index >= 15 is 0 Å². The standard InChI is InChI=1S/C14H28N2O/c1-3-8-15-9-10-16-14(17)11-13-6-4-12(2)5-7-13/h12-13,15H,3-11H2,1-2H3,(H,16,17). The summed E-state index contributed by atoms with van der Waals surface area (Å²) >= 11 is 0. The van der Waals surface area contributed by atoms with Crippen molar-refractivity contribution < 1.29 is 4.79 Å². The Hall–Kier alpha value is -0.570. The van der Waals surface area contributed by atoms with E-state index in [-0.39, 0.29) is 5.91 Å². The number of carbonyl (C=O) groups is 1. The van der Waals surface area contributed by atoms with Gasteiger partial charge in [0.1, 0.15) is 0 Å². The Labute approximate surface area is 106 Å². The predicted octanol–water partition coefficient (Wildman–Crippen LogP) is 2.32. The lowest BCUT2D eigenvalue weighted by atomic mass is 9.81. The van der Waals surface area contributed by atoms with Crippen molar-refractivity contribution in [3.8, 4) is 0 Å². The first-order chi connectivity index (χ1) is 8.22. The molecule has 17 heavy (non-hydrogen) atoms. The van der Waals surface area contributed by atoms with Crippen LogP contribution >= 0.6 is 0 Å². The molecule has 0 saturated heterocycles. The van der Waals surface area contributed by atoms with Crippen molar-refractivity contribution in [3.63, 3.8) is 0 Å². The summed E-state index contributed by atoms with van der Waals surface area (Å²) in [6.45, 7) is 7.16. The van der Waals surface area contributed by atoms with Crippen LogP contribution in [0.4, 0.5) is 0 Å². The maximum Gasteiger partial charge on any atom is 0.220 e. The minimum Gasteiger partial charge on any atom is -0.355 e. The average molecular weight is 240 g/mol. The maximum absolute atomic E-state index is 11.7. The van der Waals surface area contributed by atoms with E-state index in [0.29, 0.717) is 5.92 Å². The molecular formula is C14H28N2O. The van der Waals surface area contributed by atoms with Gasteiger partial charge in [-0.25, -0.2) is 0 Å². The summed E-state index contributed by atoms with van der Waals surface area (Å²) in [6.07, 6.45) is 6.96. The van der Waals surface area contributed by atoms with E-state index in [1.807, 2.05) is 0 Å². The van der Waals surface area contributed by atoms with Gasteiger partial charge in [0.15, 0.2) is 0 Å². The van der Waals surface area contributed by atoms with Crippen molar-refractivity contribution in [2.24, 2.45) is 11.8 Å². The van der Waals surface area contributed by atoms with E-state index in [1.54, 1.807) is 0 Å². The molecule has 100 valence electrons. The first-order valence-electron chi connectivity index (χ1n) is 7.19. The molecule has 0 aromatic carbocycles. The van der Waals surface area contributed by atoms with Crippen LogP contribution in [0.25, 0.3) is 0 Å².